The number of aromatic nitrogens is 3. The average Bonchev–Trinajstić information content (AvgIpc) is 3.90. The molecule has 0 aliphatic heterocycles. The Labute approximate surface area is 355 Å². The minimum absolute atomic E-state index is 0.595. The van der Waals surface area contributed by atoms with Crippen LogP contribution >= 0.6 is 0 Å². The van der Waals surface area contributed by atoms with Crippen LogP contribution in [0.1, 0.15) is 0 Å². The molecule has 0 spiro atoms. The topological polar surface area (TPSA) is 65.0 Å². The van der Waals surface area contributed by atoms with Gasteiger partial charge < -0.3 is 8.83 Å². The number of nitrogens with zero attached hydrogens (tertiary/aromatic N) is 3. The molecule has 0 saturated heterocycles. The lowest BCUT2D eigenvalue weighted by atomic mass is 9.93. The van der Waals surface area contributed by atoms with Gasteiger partial charge in [-0.1, -0.05) is 158 Å². The van der Waals surface area contributed by atoms with E-state index < -0.39 is 0 Å². The van der Waals surface area contributed by atoms with E-state index in [2.05, 4.69) is 170 Å². The van der Waals surface area contributed by atoms with E-state index in [9.17, 15) is 0 Å². The van der Waals surface area contributed by atoms with Gasteiger partial charge in [-0.2, -0.15) is 0 Å². The Balaban J connectivity index is 0.983. The number of fused-ring (bicyclic) bond motifs is 9. The predicted molar refractivity (Wildman–Crippen MR) is 254 cm³/mol. The maximum Gasteiger partial charge on any atom is 0.164 e. The van der Waals surface area contributed by atoms with Gasteiger partial charge in [0.25, 0.3) is 0 Å². The zero-order valence-electron chi connectivity index (χ0n) is 33.2. The molecule has 0 atom stereocenters. The minimum Gasteiger partial charge on any atom is -0.456 e. The molecule has 13 aromatic rings. The molecule has 0 aliphatic carbocycles. The van der Waals surface area contributed by atoms with Crippen LogP contribution in [0.3, 0.4) is 0 Å². The van der Waals surface area contributed by atoms with E-state index in [-0.39, 0.29) is 0 Å². The summed E-state index contributed by atoms with van der Waals surface area (Å²) in [6, 6.07) is 70.0. The molecule has 3 aromatic heterocycles. The van der Waals surface area contributed by atoms with Gasteiger partial charge in [-0.05, 0) is 97.0 Å². The van der Waals surface area contributed by atoms with Crippen LogP contribution in [0.15, 0.2) is 209 Å². The summed E-state index contributed by atoms with van der Waals surface area (Å²) in [6.07, 6.45) is 0. The van der Waals surface area contributed by atoms with Crippen molar-refractivity contribution in [1.29, 1.82) is 0 Å². The van der Waals surface area contributed by atoms with E-state index in [1.807, 2.05) is 30.3 Å². The van der Waals surface area contributed by atoms with Gasteiger partial charge >= 0.3 is 0 Å². The van der Waals surface area contributed by atoms with Gasteiger partial charge in [0.05, 0.1) is 0 Å². The first-order valence-corrected chi connectivity index (χ1v) is 20.8. The molecule has 10 aromatic carbocycles. The number of benzene rings is 10. The van der Waals surface area contributed by atoms with Crippen LogP contribution in [0.2, 0.25) is 0 Å². The van der Waals surface area contributed by atoms with Crippen LogP contribution in [0.4, 0.5) is 0 Å². The first kappa shape index (κ1) is 34.5. The van der Waals surface area contributed by atoms with E-state index in [1.54, 1.807) is 0 Å². The van der Waals surface area contributed by atoms with Crippen molar-refractivity contribution in [3.63, 3.8) is 0 Å². The zero-order chi connectivity index (χ0) is 40.7. The SMILES string of the molecule is c1ccc2cc(-c3ccc(-c4nc(-c5ccc6cc7c(cc6c5)oc5ccccc57)nc(-c5cccc6c(-c7cccc8oc9ccccc9c78)cccc56)n4)cc3)ccc2c1. The molecule has 0 fully saturated rings. The Morgan fingerprint density at radius 1 is 0.258 bits per heavy atom. The largest absolute Gasteiger partial charge is 0.456 e. The Morgan fingerprint density at radius 2 is 0.790 bits per heavy atom. The maximum atomic E-state index is 6.31. The number of hydrogen-bond donors (Lipinski definition) is 0. The smallest absolute Gasteiger partial charge is 0.164 e. The molecule has 0 N–H and O–H groups in total. The number of para-hydroxylation sites is 2. The zero-order valence-corrected chi connectivity index (χ0v) is 33.2. The van der Waals surface area contributed by atoms with Crippen LogP contribution < -0.4 is 0 Å². The van der Waals surface area contributed by atoms with Crippen molar-refractivity contribution in [3.8, 4) is 56.4 Å². The lowest BCUT2D eigenvalue weighted by Crippen LogP contribution is -2.01. The van der Waals surface area contributed by atoms with Gasteiger partial charge in [-0.25, -0.2) is 15.0 Å². The van der Waals surface area contributed by atoms with Crippen molar-refractivity contribution in [2.45, 2.75) is 0 Å². The van der Waals surface area contributed by atoms with Gasteiger partial charge in [-0.3, -0.25) is 0 Å². The van der Waals surface area contributed by atoms with Gasteiger partial charge in [0.1, 0.15) is 22.3 Å². The Bertz CT molecular complexity index is 3940. The van der Waals surface area contributed by atoms with E-state index in [1.165, 1.54) is 10.8 Å². The Morgan fingerprint density at radius 3 is 1.65 bits per heavy atom. The molecule has 5 heteroatoms. The second-order valence-corrected chi connectivity index (χ2v) is 15.9. The van der Waals surface area contributed by atoms with Crippen molar-refractivity contribution in [2.24, 2.45) is 0 Å². The van der Waals surface area contributed by atoms with Crippen LogP contribution in [0.25, 0.3) is 133 Å². The highest BCUT2D eigenvalue weighted by molar-refractivity contribution is 6.16. The second-order valence-electron chi connectivity index (χ2n) is 15.9. The van der Waals surface area contributed by atoms with E-state index in [4.69, 9.17) is 23.8 Å². The monoisotopic (exact) mass is 791 g/mol. The van der Waals surface area contributed by atoms with E-state index in [0.29, 0.717) is 17.5 Å². The molecule has 13 rings (SSSR count). The number of rotatable bonds is 5. The van der Waals surface area contributed by atoms with Gasteiger partial charge in [0, 0.05) is 38.2 Å². The molecular weight excluding hydrogens is 759 g/mol. The maximum absolute atomic E-state index is 6.31. The average molecular weight is 792 g/mol. The molecule has 62 heavy (non-hydrogen) atoms. The Hall–Kier alpha value is -8.41. The minimum atomic E-state index is 0.595. The summed E-state index contributed by atoms with van der Waals surface area (Å²) in [6.45, 7) is 0. The highest BCUT2D eigenvalue weighted by atomic mass is 16.3. The van der Waals surface area contributed by atoms with Crippen molar-refractivity contribution < 1.29 is 8.83 Å². The molecule has 0 amide bonds. The van der Waals surface area contributed by atoms with Crippen LogP contribution in [0, 0.1) is 0 Å². The fraction of sp³-hybridized carbons (Fsp3) is 0. The normalized spacial score (nSPS) is 11.9. The van der Waals surface area contributed by atoms with E-state index >= 15 is 0 Å². The van der Waals surface area contributed by atoms with Crippen molar-refractivity contribution in [3.05, 3.63) is 200 Å². The fourth-order valence-corrected chi connectivity index (χ4v) is 9.28. The highest BCUT2D eigenvalue weighted by Gasteiger charge is 2.19. The van der Waals surface area contributed by atoms with Crippen molar-refractivity contribution in [2.75, 3.05) is 0 Å². The molecule has 0 unspecified atom stereocenters. The number of furan rings is 2. The quantitative estimate of drug-likeness (QED) is 0.174. The summed E-state index contributed by atoms with van der Waals surface area (Å²) in [4.78, 5) is 15.7. The standard InChI is InChI=1S/C57H33N3O2/c1-2-11-37-30-38(27-24-34(37)10-1)35-22-25-36(26-23-35)55-58-56(40-29-28-39-32-49-45-12-3-5-19-50(45)62-53(49)33-41(39)31-40)60-57(59-55)47-18-8-14-42-43(15-7-16-44(42)47)46-17-9-21-52-54(46)48-13-4-6-20-51(48)61-52/h1-33H. The summed E-state index contributed by atoms with van der Waals surface area (Å²) in [7, 11) is 0. The summed E-state index contributed by atoms with van der Waals surface area (Å²) in [5.41, 5.74) is 10.7. The molecule has 0 aliphatic rings. The third-order valence-corrected chi connectivity index (χ3v) is 12.3. The van der Waals surface area contributed by atoms with Crippen molar-refractivity contribution >= 4 is 76.2 Å². The van der Waals surface area contributed by atoms with Crippen molar-refractivity contribution in [1.82, 2.24) is 15.0 Å². The lowest BCUT2D eigenvalue weighted by Gasteiger charge is -2.13. The molecule has 5 nitrogen and oxygen atoms in total. The first-order valence-electron chi connectivity index (χ1n) is 20.8. The lowest BCUT2D eigenvalue weighted by molar-refractivity contribution is 0.669. The van der Waals surface area contributed by atoms with Crippen LogP contribution in [0.5, 0.6) is 0 Å². The molecule has 0 bridgehead atoms. The first-order chi connectivity index (χ1) is 30.7. The fourth-order valence-electron chi connectivity index (χ4n) is 9.28. The summed E-state index contributed by atoms with van der Waals surface area (Å²) < 4.78 is 12.6. The van der Waals surface area contributed by atoms with E-state index in [0.717, 1.165) is 104 Å². The number of hydrogen-bond acceptors (Lipinski definition) is 5. The molecule has 0 saturated carbocycles. The predicted octanol–water partition coefficient (Wildman–Crippen LogP) is 15.5. The van der Waals surface area contributed by atoms with Gasteiger partial charge in [-0.15, -0.1) is 0 Å². The summed E-state index contributed by atoms with van der Waals surface area (Å²) in [5.74, 6) is 1.80. The highest BCUT2D eigenvalue weighted by Crippen LogP contribution is 2.41. The van der Waals surface area contributed by atoms with Crippen LogP contribution in [-0.4, -0.2) is 15.0 Å². The third kappa shape index (κ3) is 5.52. The second kappa shape index (κ2) is 13.6. The van der Waals surface area contributed by atoms with Gasteiger partial charge in [0.2, 0.25) is 0 Å². The van der Waals surface area contributed by atoms with Crippen LogP contribution in [-0.2, 0) is 0 Å². The third-order valence-electron chi connectivity index (χ3n) is 12.3. The van der Waals surface area contributed by atoms with Gasteiger partial charge in [0.15, 0.2) is 17.5 Å². The summed E-state index contributed by atoms with van der Waals surface area (Å²) >= 11 is 0. The molecule has 288 valence electrons. The molecule has 0 radical (unpaired) electrons. The molecule has 3 heterocycles. The Kier molecular flexibility index (Phi) is 7.54. The summed E-state index contributed by atoms with van der Waals surface area (Å²) in [5, 5.41) is 11.2. The molecular formula is C57H33N3O2.